The number of nitrogens with zero attached hydrogens (tertiary/aromatic N) is 2. The van der Waals surface area contributed by atoms with Gasteiger partial charge in [-0.15, -0.1) is 0 Å². The fourth-order valence-corrected chi connectivity index (χ4v) is 2.65. The summed E-state index contributed by atoms with van der Waals surface area (Å²) in [5, 5.41) is 4.06. The first-order chi connectivity index (χ1) is 8.09. The highest BCUT2D eigenvalue weighted by atomic mass is 16.5. The van der Waals surface area contributed by atoms with E-state index < -0.39 is 0 Å². The molecule has 1 aliphatic carbocycles. The van der Waals surface area contributed by atoms with Crippen LogP contribution < -0.4 is 5.73 Å². The first-order valence-electron chi connectivity index (χ1n) is 6.69. The summed E-state index contributed by atoms with van der Waals surface area (Å²) in [6.07, 6.45) is 5.94. The van der Waals surface area contributed by atoms with E-state index in [-0.39, 0.29) is 11.5 Å². The van der Waals surface area contributed by atoms with Crippen LogP contribution in [0, 0.1) is 5.92 Å². The second kappa shape index (κ2) is 4.77. The molecule has 4 nitrogen and oxygen atoms in total. The molecule has 1 heterocycles. The van der Waals surface area contributed by atoms with Crippen molar-refractivity contribution in [1.82, 2.24) is 10.1 Å². The number of aromatic nitrogens is 2. The van der Waals surface area contributed by atoms with Gasteiger partial charge in [-0.1, -0.05) is 38.8 Å². The van der Waals surface area contributed by atoms with Crippen molar-refractivity contribution in [2.75, 3.05) is 0 Å². The quantitative estimate of drug-likeness (QED) is 0.874. The van der Waals surface area contributed by atoms with Gasteiger partial charge in [0.2, 0.25) is 5.89 Å². The molecule has 0 radical (unpaired) electrons. The average Bonchev–Trinajstić information content (AvgIpc) is 2.97. The van der Waals surface area contributed by atoms with Gasteiger partial charge in [0.15, 0.2) is 5.82 Å². The lowest BCUT2D eigenvalue weighted by atomic mass is 9.83. The minimum Gasteiger partial charge on any atom is -0.339 e. The van der Waals surface area contributed by atoms with E-state index in [1.54, 1.807) is 0 Å². The van der Waals surface area contributed by atoms with Crippen LogP contribution >= 0.6 is 0 Å². The van der Waals surface area contributed by atoms with Gasteiger partial charge in [0, 0.05) is 5.41 Å². The molecule has 0 spiro atoms. The van der Waals surface area contributed by atoms with Gasteiger partial charge in [-0.05, 0) is 25.2 Å². The Hall–Kier alpha value is -0.900. The normalized spacial score (nSPS) is 21.0. The molecule has 1 aliphatic rings. The number of nitrogens with two attached hydrogens (primary N) is 1. The summed E-state index contributed by atoms with van der Waals surface area (Å²) < 4.78 is 5.47. The van der Waals surface area contributed by atoms with Crippen molar-refractivity contribution in [1.29, 1.82) is 0 Å². The number of hydrogen-bond donors (Lipinski definition) is 1. The maximum Gasteiger partial charge on any atom is 0.232 e. The molecule has 17 heavy (non-hydrogen) atoms. The number of hydrogen-bond acceptors (Lipinski definition) is 4. The maximum atomic E-state index is 6.05. The lowest BCUT2D eigenvalue weighted by molar-refractivity contribution is 0.270. The van der Waals surface area contributed by atoms with Gasteiger partial charge < -0.3 is 10.3 Å². The van der Waals surface area contributed by atoms with Crippen molar-refractivity contribution < 1.29 is 4.52 Å². The molecule has 1 unspecified atom stereocenters. The Kier molecular flexibility index (Phi) is 3.52. The molecule has 1 aromatic heterocycles. The van der Waals surface area contributed by atoms with Crippen LogP contribution in [0.25, 0.3) is 0 Å². The van der Waals surface area contributed by atoms with Crippen LogP contribution in [0.5, 0.6) is 0 Å². The van der Waals surface area contributed by atoms with Crippen LogP contribution in [0.2, 0.25) is 0 Å². The van der Waals surface area contributed by atoms with Gasteiger partial charge in [0.05, 0.1) is 6.04 Å². The van der Waals surface area contributed by atoms with Crippen LogP contribution in [0.3, 0.4) is 0 Å². The molecule has 0 saturated heterocycles. The standard InChI is InChI=1S/C13H23N3O/c1-4-13(7-5-6-8-13)12-15-11(16-17-12)10(14)9(2)3/h9-10H,4-8,14H2,1-3H3. The Balaban J connectivity index is 2.22. The first kappa shape index (κ1) is 12.6. The van der Waals surface area contributed by atoms with Crippen LogP contribution in [-0.2, 0) is 5.41 Å². The van der Waals surface area contributed by atoms with Crippen LogP contribution in [-0.4, -0.2) is 10.1 Å². The highest BCUT2D eigenvalue weighted by Gasteiger charge is 2.39. The highest BCUT2D eigenvalue weighted by Crippen LogP contribution is 2.43. The van der Waals surface area contributed by atoms with E-state index in [2.05, 4.69) is 30.9 Å². The van der Waals surface area contributed by atoms with Crippen molar-refractivity contribution in [2.45, 2.75) is 64.3 Å². The van der Waals surface area contributed by atoms with Gasteiger partial charge in [-0.25, -0.2) is 0 Å². The molecule has 2 rings (SSSR count). The van der Waals surface area contributed by atoms with E-state index in [4.69, 9.17) is 10.3 Å². The third-order valence-corrected chi connectivity index (χ3v) is 4.15. The van der Waals surface area contributed by atoms with Gasteiger partial charge in [0.25, 0.3) is 0 Å². The molecular weight excluding hydrogens is 214 g/mol. The SMILES string of the molecule is CCC1(c2nc(C(N)C(C)C)no2)CCCC1. The highest BCUT2D eigenvalue weighted by molar-refractivity contribution is 5.09. The number of rotatable bonds is 4. The zero-order valence-electron chi connectivity index (χ0n) is 11.1. The lowest BCUT2D eigenvalue weighted by Crippen LogP contribution is -2.22. The fraction of sp³-hybridized carbons (Fsp3) is 0.846. The fourth-order valence-electron chi connectivity index (χ4n) is 2.65. The van der Waals surface area contributed by atoms with Crippen LogP contribution in [0.4, 0.5) is 0 Å². The third kappa shape index (κ3) is 2.23. The molecule has 0 amide bonds. The van der Waals surface area contributed by atoms with E-state index in [0.717, 1.165) is 12.3 Å². The average molecular weight is 237 g/mol. The van der Waals surface area contributed by atoms with Crippen LogP contribution in [0.15, 0.2) is 4.52 Å². The Morgan fingerprint density at radius 3 is 2.53 bits per heavy atom. The largest absolute Gasteiger partial charge is 0.339 e. The smallest absolute Gasteiger partial charge is 0.232 e. The third-order valence-electron chi connectivity index (χ3n) is 4.15. The summed E-state index contributed by atoms with van der Waals surface area (Å²) in [7, 11) is 0. The second-order valence-electron chi connectivity index (χ2n) is 5.57. The molecule has 0 aromatic carbocycles. The van der Waals surface area contributed by atoms with Crippen LogP contribution in [0.1, 0.15) is 70.6 Å². The van der Waals surface area contributed by atoms with E-state index in [9.17, 15) is 0 Å². The van der Waals surface area contributed by atoms with E-state index in [1.807, 2.05) is 0 Å². The maximum absolute atomic E-state index is 6.05. The van der Waals surface area contributed by atoms with Crippen molar-refractivity contribution in [3.8, 4) is 0 Å². The minimum absolute atomic E-state index is 0.122. The summed E-state index contributed by atoms with van der Waals surface area (Å²) in [5.41, 5.74) is 6.18. The molecule has 2 N–H and O–H groups in total. The van der Waals surface area contributed by atoms with E-state index in [1.165, 1.54) is 25.7 Å². The molecule has 96 valence electrons. The molecular formula is C13H23N3O. The van der Waals surface area contributed by atoms with Gasteiger partial charge >= 0.3 is 0 Å². The zero-order valence-corrected chi connectivity index (χ0v) is 11.1. The summed E-state index contributed by atoms with van der Waals surface area (Å²) in [6.45, 7) is 6.36. The molecule has 1 aromatic rings. The van der Waals surface area contributed by atoms with Crippen molar-refractivity contribution in [3.63, 3.8) is 0 Å². The summed E-state index contributed by atoms with van der Waals surface area (Å²) in [5.74, 6) is 1.81. The van der Waals surface area contributed by atoms with Gasteiger partial charge in [0.1, 0.15) is 0 Å². The minimum atomic E-state index is -0.122. The van der Waals surface area contributed by atoms with Crippen molar-refractivity contribution in [3.05, 3.63) is 11.7 Å². The zero-order chi connectivity index (χ0) is 12.5. The predicted molar refractivity (Wildman–Crippen MR) is 66.5 cm³/mol. The van der Waals surface area contributed by atoms with Gasteiger partial charge in [-0.3, -0.25) is 0 Å². The Morgan fingerprint density at radius 2 is 2.00 bits per heavy atom. The predicted octanol–water partition coefficient (Wildman–Crippen LogP) is 2.95. The molecule has 1 saturated carbocycles. The Morgan fingerprint density at radius 1 is 1.35 bits per heavy atom. The van der Waals surface area contributed by atoms with E-state index in [0.29, 0.717) is 11.7 Å². The Labute approximate surface area is 103 Å². The molecule has 1 fully saturated rings. The van der Waals surface area contributed by atoms with Crippen molar-refractivity contribution >= 4 is 0 Å². The second-order valence-corrected chi connectivity index (χ2v) is 5.57. The monoisotopic (exact) mass is 237 g/mol. The van der Waals surface area contributed by atoms with Gasteiger partial charge in [-0.2, -0.15) is 4.98 Å². The lowest BCUT2D eigenvalue weighted by Gasteiger charge is -2.21. The topological polar surface area (TPSA) is 64.9 Å². The molecule has 0 aliphatic heterocycles. The molecule has 4 heteroatoms. The molecule has 0 bridgehead atoms. The summed E-state index contributed by atoms with van der Waals surface area (Å²) in [6, 6.07) is -0.122. The van der Waals surface area contributed by atoms with Crippen molar-refractivity contribution in [2.24, 2.45) is 11.7 Å². The summed E-state index contributed by atoms with van der Waals surface area (Å²) in [4.78, 5) is 4.55. The first-order valence-corrected chi connectivity index (χ1v) is 6.69. The Bertz CT molecular complexity index is 366. The molecule has 1 atom stereocenters. The summed E-state index contributed by atoms with van der Waals surface area (Å²) >= 11 is 0. The van der Waals surface area contributed by atoms with E-state index >= 15 is 0 Å².